The van der Waals surface area contributed by atoms with E-state index in [4.69, 9.17) is 4.74 Å². The Morgan fingerprint density at radius 2 is 2.20 bits per heavy atom. The van der Waals surface area contributed by atoms with Gasteiger partial charge in [-0.1, -0.05) is 6.92 Å². The van der Waals surface area contributed by atoms with Gasteiger partial charge in [-0.15, -0.1) is 0 Å². The number of nitrogens with zero attached hydrogens (tertiary/aromatic N) is 1. The van der Waals surface area contributed by atoms with Gasteiger partial charge in [0.25, 0.3) is 0 Å². The lowest BCUT2D eigenvalue weighted by Crippen LogP contribution is -2.47. The van der Waals surface area contributed by atoms with Crippen molar-refractivity contribution in [2.75, 3.05) is 39.4 Å². The van der Waals surface area contributed by atoms with Crippen LogP contribution in [0.5, 0.6) is 0 Å². The van der Waals surface area contributed by atoms with Crippen molar-refractivity contribution in [3.63, 3.8) is 0 Å². The van der Waals surface area contributed by atoms with E-state index < -0.39 is 0 Å². The van der Waals surface area contributed by atoms with Crippen LogP contribution in [-0.4, -0.2) is 61.0 Å². The van der Waals surface area contributed by atoms with Gasteiger partial charge >= 0.3 is 0 Å². The lowest BCUT2D eigenvalue weighted by atomic mass is 9.96. The average Bonchev–Trinajstić information content (AvgIpc) is 2.46. The maximum absolute atomic E-state index is 9.56. The molecule has 4 nitrogen and oxygen atoms in total. The molecule has 0 spiro atoms. The Balaban J connectivity index is 2.24. The maximum atomic E-state index is 9.56. The van der Waals surface area contributed by atoms with Gasteiger partial charge in [0.05, 0.1) is 12.7 Å². The molecule has 0 aromatic carbocycles. The van der Waals surface area contributed by atoms with Crippen molar-refractivity contribution in [3.8, 4) is 0 Å². The summed E-state index contributed by atoms with van der Waals surface area (Å²) in [5.74, 6) is 0. The predicted octanol–water partition coefficient (Wildman–Crippen LogP) is 2.02. The Bertz CT molecular complexity index is 249. The number of ether oxygens (including phenoxy) is 1. The van der Waals surface area contributed by atoms with Gasteiger partial charge in [0.15, 0.2) is 0 Å². The van der Waals surface area contributed by atoms with Crippen LogP contribution in [0.1, 0.15) is 52.9 Å². The highest BCUT2D eigenvalue weighted by molar-refractivity contribution is 4.83. The van der Waals surface area contributed by atoms with Crippen LogP contribution in [0, 0.1) is 0 Å². The Morgan fingerprint density at radius 3 is 2.85 bits per heavy atom. The number of rotatable bonds is 10. The molecule has 0 bridgehead atoms. The molecule has 1 fully saturated rings. The van der Waals surface area contributed by atoms with Crippen LogP contribution in [0.3, 0.4) is 0 Å². The molecule has 0 aromatic heterocycles. The van der Waals surface area contributed by atoms with E-state index in [1.807, 2.05) is 0 Å². The molecule has 1 saturated heterocycles. The minimum Gasteiger partial charge on any atom is -0.394 e. The molecule has 1 heterocycles. The maximum Gasteiger partial charge on any atom is 0.0702 e. The number of likely N-dealkylation sites (tertiary alicyclic amines) is 1. The molecule has 20 heavy (non-hydrogen) atoms. The van der Waals surface area contributed by atoms with Gasteiger partial charge in [-0.2, -0.15) is 0 Å². The first-order valence-corrected chi connectivity index (χ1v) is 8.33. The van der Waals surface area contributed by atoms with E-state index in [0.717, 1.165) is 45.5 Å². The first kappa shape index (κ1) is 17.9. The summed E-state index contributed by atoms with van der Waals surface area (Å²) in [7, 11) is 0. The Labute approximate surface area is 124 Å². The minimum atomic E-state index is -0.120. The van der Waals surface area contributed by atoms with Gasteiger partial charge in [0, 0.05) is 18.7 Å². The van der Waals surface area contributed by atoms with Crippen LogP contribution in [0.15, 0.2) is 0 Å². The molecule has 120 valence electrons. The molecule has 1 rings (SSSR count). The fourth-order valence-electron chi connectivity index (χ4n) is 2.93. The van der Waals surface area contributed by atoms with Crippen LogP contribution in [0.25, 0.3) is 0 Å². The standard InChI is InChI=1S/C16H34N2O2/c1-4-10-17-16(3,14-19)9-7-12-18-11-6-8-15(13-18)20-5-2/h15,17,19H,4-14H2,1-3H3. The van der Waals surface area contributed by atoms with Crippen molar-refractivity contribution < 1.29 is 9.84 Å². The topological polar surface area (TPSA) is 44.7 Å². The van der Waals surface area contributed by atoms with Gasteiger partial charge in [0.1, 0.15) is 0 Å². The van der Waals surface area contributed by atoms with Crippen molar-refractivity contribution in [1.82, 2.24) is 10.2 Å². The summed E-state index contributed by atoms with van der Waals surface area (Å²) in [6.45, 7) is 11.8. The lowest BCUT2D eigenvalue weighted by molar-refractivity contribution is 0.00485. The van der Waals surface area contributed by atoms with Crippen LogP contribution in [0.2, 0.25) is 0 Å². The van der Waals surface area contributed by atoms with E-state index >= 15 is 0 Å². The molecule has 0 aliphatic carbocycles. The summed E-state index contributed by atoms with van der Waals surface area (Å²) >= 11 is 0. The largest absolute Gasteiger partial charge is 0.394 e. The first-order valence-electron chi connectivity index (χ1n) is 8.33. The molecule has 1 aliphatic heterocycles. The average molecular weight is 286 g/mol. The highest BCUT2D eigenvalue weighted by Crippen LogP contribution is 2.16. The van der Waals surface area contributed by atoms with E-state index in [0.29, 0.717) is 6.10 Å². The summed E-state index contributed by atoms with van der Waals surface area (Å²) in [5, 5.41) is 13.0. The minimum absolute atomic E-state index is 0.120. The lowest BCUT2D eigenvalue weighted by Gasteiger charge is -2.34. The SMILES string of the molecule is CCCNC(C)(CO)CCCN1CCCC(OCC)C1. The number of hydrogen-bond acceptors (Lipinski definition) is 4. The van der Waals surface area contributed by atoms with Crippen molar-refractivity contribution >= 4 is 0 Å². The summed E-state index contributed by atoms with van der Waals surface area (Å²) in [4.78, 5) is 2.52. The summed E-state index contributed by atoms with van der Waals surface area (Å²) < 4.78 is 5.74. The van der Waals surface area contributed by atoms with Crippen molar-refractivity contribution in [2.45, 2.75) is 64.5 Å². The third-order valence-corrected chi connectivity index (χ3v) is 4.22. The summed E-state index contributed by atoms with van der Waals surface area (Å²) in [5.41, 5.74) is -0.120. The van der Waals surface area contributed by atoms with Gasteiger partial charge < -0.3 is 20.1 Å². The Kier molecular flexibility index (Phi) is 8.69. The Morgan fingerprint density at radius 1 is 1.40 bits per heavy atom. The number of aliphatic hydroxyl groups excluding tert-OH is 1. The second kappa shape index (κ2) is 9.72. The monoisotopic (exact) mass is 286 g/mol. The summed E-state index contributed by atoms with van der Waals surface area (Å²) in [6, 6.07) is 0. The molecule has 2 N–H and O–H groups in total. The molecule has 0 radical (unpaired) electrons. The molecule has 0 aromatic rings. The van der Waals surface area contributed by atoms with Gasteiger partial charge in [-0.3, -0.25) is 0 Å². The van der Waals surface area contributed by atoms with Crippen LogP contribution >= 0.6 is 0 Å². The zero-order valence-electron chi connectivity index (χ0n) is 13.7. The van der Waals surface area contributed by atoms with Gasteiger partial charge in [-0.05, 0) is 65.6 Å². The fraction of sp³-hybridized carbons (Fsp3) is 1.00. The van der Waals surface area contributed by atoms with E-state index in [1.54, 1.807) is 0 Å². The molecule has 0 amide bonds. The van der Waals surface area contributed by atoms with Crippen LogP contribution in [-0.2, 0) is 4.74 Å². The smallest absolute Gasteiger partial charge is 0.0702 e. The van der Waals surface area contributed by atoms with Crippen molar-refractivity contribution in [3.05, 3.63) is 0 Å². The number of hydrogen-bond donors (Lipinski definition) is 2. The summed E-state index contributed by atoms with van der Waals surface area (Å²) in [6.07, 6.45) is 6.15. The van der Waals surface area contributed by atoms with Crippen LogP contribution in [0.4, 0.5) is 0 Å². The normalized spacial score (nSPS) is 23.7. The van der Waals surface area contributed by atoms with E-state index in [-0.39, 0.29) is 12.1 Å². The zero-order chi connectivity index (χ0) is 14.8. The molecule has 4 heteroatoms. The van der Waals surface area contributed by atoms with E-state index in [2.05, 4.69) is 31.0 Å². The second-order valence-corrected chi connectivity index (χ2v) is 6.27. The third-order valence-electron chi connectivity index (χ3n) is 4.22. The first-order chi connectivity index (χ1) is 9.63. The second-order valence-electron chi connectivity index (χ2n) is 6.27. The van der Waals surface area contributed by atoms with Crippen molar-refractivity contribution in [2.24, 2.45) is 0 Å². The highest BCUT2D eigenvalue weighted by Gasteiger charge is 2.23. The molecule has 1 aliphatic rings. The molecule has 2 unspecified atom stereocenters. The number of nitrogens with one attached hydrogen (secondary N) is 1. The zero-order valence-corrected chi connectivity index (χ0v) is 13.7. The van der Waals surface area contributed by atoms with E-state index in [1.165, 1.54) is 19.4 Å². The van der Waals surface area contributed by atoms with Gasteiger partial charge in [0.2, 0.25) is 0 Å². The van der Waals surface area contributed by atoms with E-state index in [9.17, 15) is 5.11 Å². The third kappa shape index (κ3) is 6.53. The molecular weight excluding hydrogens is 252 g/mol. The molecular formula is C16H34N2O2. The van der Waals surface area contributed by atoms with Gasteiger partial charge in [-0.25, -0.2) is 0 Å². The highest BCUT2D eigenvalue weighted by atomic mass is 16.5. The fourth-order valence-corrected chi connectivity index (χ4v) is 2.93. The molecule has 2 atom stereocenters. The quantitative estimate of drug-likeness (QED) is 0.645. The predicted molar refractivity (Wildman–Crippen MR) is 84.1 cm³/mol. The van der Waals surface area contributed by atoms with Crippen LogP contribution < -0.4 is 5.32 Å². The Hall–Kier alpha value is -0.160. The van der Waals surface area contributed by atoms with Crippen molar-refractivity contribution in [1.29, 1.82) is 0 Å². The number of piperidine rings is 1. The molecule has 0 saturated carbocycles. The number of aliphatic hydroxyl groups is 1.